The van der Waals surface area contributed by atoms with Crippen LogP contribution in [-0.4, -0.2) is 81.1 Å². The van der Waals surface area contributed by atoms with Gasteiger partial charge in [0.2, 0.25) is 11.8 Å². The van der Waals surface area contributed by atoms with Crippen molar-refractivity contribution in [1.29, 1.82) is 0 Å². The largest absolute Gasteiger partial charge is 0.494 e. The highest BCUT2D eigenvalue weighted by atomic mass is 19.4. The van der Waals surface area contributed by atoms with E-state index in [0.717, 1.165) is 92.4 Å². The molecule has 1 unspecified atom stereocenters. The fourth-order valence-corrected chi connectivity index (χ4v) is 9.60. The van der Waals surface area contributed by atoms with Crippen molar-refractivity contribution in [2.75, 3.05) is 44.0 Å². The summed E-state index contributed by atoms with van der Waals surface area (Å²) >= 11 is 0. The number of carbonyl (C=O) groups is 3. The topological polar surface area (TPSA) is 136 Å². The van der Waals surface area contributed by atoms with Gasteiger partial charge in [0.1, 0.15) is 23.2 Å². The summed E-state index contributed by atoms with van der Waals surface area (Å²) < 4.78 is 50.6. The molecule has 312 valence electrons. The molecule has 5 heterocycles. The number of hydrogen-bond donors (Lipinski definition) is 2. The number of imide groups is 1. The van der Waals surface area contributed by atoms with E-state index in [1.807, 2.05) is 31.3 Å². The number of pyridine rings is 1. The number of aryl methyl sites for hydroxylation is 2. The molecule has 3 fully saturated rings. The summed E-state index contributed by atoms with van der Waals surface area (Å²) in [6, 6.07) is 14.6. The van der Waals surface area contributed by atoms with Crippen LogP contribution in [0.25, 0.3) is 21.9 Å². The van der Waals surface area contributed by atoms with Crippen molar-refractivity contribution < 1.29 is 32.3 Å². The number of anilines is 2. The van der Waals surface area contributed by atoms with Crippen molar-refractivity contribution >= 4 is 51.0 Å². The third-order valence-electron chi connectivity index (χ3n) is 12.8. The summed E-state index contributed by atoms with van der Waals surface area (Å²) in [6.07, 6.45) is 2.11. The van der Waals surface area contributed by atoms with Crippen LogP contribution in [-0.2, 0) is 29.9 Å². The molecule has 5 aromatic rings. The van der Waals surface area contributed by atoms with Gasteiger partial charge in [-0.05, 0) is 100 Å². The lowest BCUT2D eigenvalue weighted by Crippen LogP contribution is -2.45. The van der Waals surface area contributed by atoms with Gasteiger partial charge in [0, 0.05) is 63.3 Å². The first kappa shape index (κ1) is 40.2. The predicted molar refractivity (Wildman–Crippen MR) is 218 cm³/mol. The average molecular weight is 815 g/mol. The van der Waals surface area contributed by atoms with Gasteiger partial charge in [0.25, 0.3) is 5.91 Å². The zero-order valence-corrected chi connectivity index (χ0v) is 33.6. The van der Waals surface area contributed by atoms with Crippen LogP contribution in [0.4, 0.5) is 24.5 Å². The zero-order valence-electron chi connectivity index (χ0n) is 33.6. The SMILES string of the molecule is COc1cc2c(cc1NC(=O)c1cccc(C(F)(F)F)n1)cc(C1CCC(CN(C)C3CCN(c4cccc5c4n(C)c(=O)n5C4CCC(=O)NC4=O)CC3)CC1)n2C. The maximum Gasteiger partial charge on any atom is 0.433 e. The fraction of sp³-hybridized carbons (Fsp3) is 0.465. The second-order valence-corrected chi connectivity index (χ2v) is 16.3. The fourth-order valence-electron chi connectivity index (χ4n) is 9.60. The molecule has 2 aliphatic heterocycles. The third kappa shape index (κ3) is 7.70. The van der Waals surface area contributed by atoms with E-state index in [-0.39, 0.29) is 23.7 Å². The van der Waals surface area contributed by atoms with Crippen LogP contribution in [0.2, 0.25) is 0 Å². The van der Waals surface area contributed by atoms with Crippen molar-refractivity contribution in [3.05, 3.63) is 82.2 Å². The Morgan fingerprint density at radius 3 is 2.36 bits per heavy atom. The third-order valence-corrected chi connectivity index (χ3v) is 12.8. The first-order chi connectivity index (χ1) is 28.2. The molecular weight excluding hydrogens is 766 g/mol. The minimum absolute atomic E-state index is 0.200. The lowest BCUT2D eigenvalue weighted by atomic mass is 9.80. The molecule has 2 aromatic carbocycles. The van der Waals surface area contributed by atoms with Gasteiger partial charge >= 0.3 is 11.9 Å². The summed E-state index contributed by atoms with van der Waals surface area (Å²) in [5.74, 6) is -0.177. The number of rotatable bonds is 9. The average Bonchev–Trinajstić information content (AvgIpc) is 3.68. The van der Waals surface area contributed by atoms with Gasteiger partial charge in [-0.1, -0.05) is 12.1 Å². The van der Waals surface area contributed by atoms with Gasteiger partial charge in [-0.15, -0.1) is 0 Å². The number of piperidine rings is 2. The van der Waals surface area contributed by atoms with Crippen molar-refractivity contribution in [3.63, 3.8) is 0 Å². The number of aromatic nitrogens is 4. The molecule has 0 bridgehead atoms. The molecule has 1 saturated carbocycles. The molecule has 3 amide bonds. The number of hydrogen-bond acceptors (Lipinski definition) is 8. The highest BCUT2D eigenvalue weighted by Gasteiger charge is 2.35. The molecule has 1 aliphatic carbocycles. The van der Waals surface area contributed by atoms with E-state index in [1.54, 1.807) is 22.2 Å². The zero-order chi connectivity index (χ0) is 41.7. The predicted octanol–water partition coefficient (Wildman–Crippen LogP) is 6.36. The number of halogens is 3. The number of para-hydroxylation sites is 1. The van der Waals surface area contributed by atoms with E-state index in [0.29, 0.717) is 41.3 Å². The number of amides is 3. The Hall–Kier alpha value is -5.64. The Morgan fingerprint density at radius 2 is 1.66 bits per heavy atom. The molecule has 0 radical (unpaired) electrons. The number of nitrogens with one attached hydrogen (secondary N) is 2. The van der Waals surface area contributed by atoms with Crippen LogP contribution in [0, 0.1) is 5.92 Å². The summed E-state index contributed by atoms with van der Waals surface area (Å²) in [5.41, 5.74) is 3.23. The Labute approximate surface area is 339 Å². The Balaban J connectivity index is 0.880. The quantitative estimate of drug-likeness (QED) is 0.164. The molecule has 3 aliphatic rings. The van der Waals surface area contributed by atoms with Gasteiger partial charge in [0.05, 0.1) is 35.0 Å². The van der Waals surface area contributed by atoms with E-state index >= 15 is 0 Å². The highest BCUT2D eigenvalue weighted by Crippen LogP contribution is 2.41. The van der Waals surface area contributed by atoms with Gasteiger partial charge in [-0.25, -0.2) is 9.78 Å². The van der Waals surface area contributed by atoms with Crippen LogP contribution in [0.5, 0.6) is 5.75 Å². The molecule has 1 atom stereocenters. The molecule has 59 heavy (non-hydrogen) atoms. The Kier molecular flexibility index (Phi) is 10.8. The molecule has 2 saturated heterocycles. The van der Waals surface area contributed by atoms with E-state index in [2.05, 4.69) is 43.1 Å². The van der Waals surface area contributed by atoms with Gasteiger partial charge in [-0.3, -0.25) is 28.8 Å². The lowest BCUT2D eigenvalue weighted by molar-refractivity contribution is -0.141. The standard InChI is InChI=1S/C43H49F3N8O5/c1-50(28-17-19-53(20-18-28)31-8-6-9-32-39(31)52(3)42(58)54(32)33-15-16-38(55)49-41(33)57)24-25-11-13-26(14-12-25)34-22-27-21-30(36(59-4)23-35(27)51(34)2)48-40(56)29-7-5-10-37(47-29)43(44,45)46/h5-10,21-23,25-26,28,33H,11-20,24H2,1-4H3,(H,48,56)(H,49,55,57). The number of fused-ring (bicyclic) bond motifs is 2. The Morgan fingerprint density at radius 1 is 0.932 bits per heavy atom. The van der Waals surface area contributed by atoms with Crippen LogP contribution in [0.3, 0.4) is 0 Å². The van der Waals surface area contributed by atoms with E-state index < -0.39 is 29.7 Å². The monoisotopic (exact) mass is 814 g/mol. The number of nitrogens with zero attached hydrogens (tertiary/aromatic N) is 6. The summed E-state index contributed by atoms with van der Waals surface area (Å²) in [4.78, 5) is 59.4. The van der Waals surface area contributed by atoms with E-state index in [4.69, 9.17) is 4.74 Å². The lowest BCUT2D eigenvalue weighted by Gasteiger charge is -2.40. The van der Waals surface area contributed by atoms with Crippen LogP contribution >= 0.6 is 0 Å². The first-order valence-electron chi connectivity index (χ1n) is 20.2. The molecule has 0 spiro atoms. The number of carbonyl (C=O) groups excluding carboxylic acids is 3. The normalized spacial score (nSPS) is 20.7. The van der Waals surface area contributed by atoms with Crippen LogP contribution in [0.15, 0.2) is 59.4 Å². The van der Waals surface area contributed by atoms with Crippen molar-refractivity contribution in [1.82, 2.24) is 28.9 Å². The van der Waals surface area contributed by atoms with Gasteiger partial charge in [0.15, 0.2) is 0 Å². The van der Waals surface area contributed by atoms with E-state index in [9.17, 15) is 32.3 Å². The first-order valence-corrected chi connectivity index (χ1v) is 20.2. The molecule has 16 heteroatoms. The summed E-state index contributed by atoms with van der Waals surface area (Å²) in [7, 11) is 7.49. The smallest absolute Gasteiger partial charge is 0.433 e. The van der Waals surface area contributed by atoms with E-state index in [1.165, 1.54) is 18.9 Å². The van der Waals surface area contributed by atoms with Crippen molar-refractivity contribution in [2.24, 2.45) is 20.0 Å². The van der Waals surface area contributed by atoms with Crippen LogP contribution in [0.1, 0.15) is 85.2 Å². The molecule has 2 N–H and O–H groups in total. The maximum absolute atomic E-state index is 13.5. The van der Waals surface area contributed by atoms with Crippen LogP contribution < -0.4 is 26.0 Å². The second kappa shape index (κ2) is 15.8. The molecule has 13 nitrogen and oxygen atoms in total. The molecule has 3 aromatic heterocycles. The minimum Gasteiger partial charge on any atom is -0.494 e. The number of alkyl halides is 3. The number of benzene rings is 2. The van der Waals surface area contributed by atoms with Crippen molar-refractivity contribution in [3.8, 4) is 5.75 Å². The molecule has 8 rings (SSSR count). The summed E-state index contributed by atoms with van der Waals surface area (Å²) in [6.45, 7) is 2.71. The number of imidazole rings is 1. The maximum atomic E-state index is 13.5. The minimum atomic E-state index is -4.66. The van der Waals surface area contributed by atoms with Gasteiger partial charge in [-0.2, -0.15) is 13.2 Å². The second-order valence-electron chi connectivity index (χ2n) is 16.3. The number of methoxy groups -OCH3 is 1. The highest BCUT2D eigenvalue weighted by molar-refractivity contribution is 6.05. The van der Waals surface area contributed by atoms with Crippen molar-refractivity contribution in [2.45, 2.75) is 75.5 Å². The van der Waals surface area contributed by atoms with Gasteiger partial charge < -0.3 is 24.4 Å². The Bertz CT molecular complexity index is 2490. The summed E-state index contributed by atoms with van der Waals surface area (Å²) in [5, 5.41) is 5.98. The number of ether oxygens (including phenoxy) is 1. The molecular formula is C43H49F3N8O5.